The highest BCUT2D eigenvalue weighted by atomic mass is 16.4. The van der Waals surface area contributed by atoms with Crippen molar-refractivity contribution in [3.63, 3.8) is 0 Å². The third-order valence-corrected chi connectivity index (χ3v) is 3.92. The standard InChI is InChI=1S/C15H20N4O/c1-10(16-2)14-18-19-15(20-14)17-13-8-7-11-5-3-4-6-12(11)9-13/h3-6,10,13,16H,7-9H2,1-2H3,(H,17,19). The van der Waals surface area contributed by atoms with E-state index in [0.717, 1.165) is 19.3 Å². The Balaban J connectivity index is 1.66. The van der Waals surface area contributed by atoms with E-state index in [1.807, 2.05) is 14.0 Å². The van der Waals surface area contributed by atoms with E-state index in [-0.39, 0.29) is 6.04 Å². The summed E-state index contributed by atoms with van der Waals surface area (Å²) in [6, 6.07) is 9.58. The topological polar surface area (TPSA) is 63.0 Å². The van der Waals surface area contributed by atoms with Crippen LogP contribution in [0.15, 0.2) is 28.7 Å². The molecule has 1 aromatic heterocycles. The maximum atomic E-state index is 5.63. The third kappa shape index (κ3) is 2.67. The number of aromatic nitrogens is 2. The van der Waals surface area contributed by atoms with E-state index in [1.54, 1.807) is 0 Å². The van der Waals surface area contributed by atoms with Crippen molar-refractivity contribution in [1.29, 1.82) is 0 Å². The van der Waals surface area contributed by atoms with Gasteiger partial charge in [0.1, 0.15) is 0 Å². The van der Waals surface area contributed by atoms with Gasteiger partial charge in [-0.2, -0.15) is 0 Å². The lowest BCUT2D eigenvalue weighted by Gasteiger charge is -2.24. The fourth-order valence-electron chi connectivity index (χ4n) is 2.59. The van der Waals surface area contributed by atoms with Crippen LogP contribution in [0.3, 0.4) is 0 Å². The number of anilines is 1. The first-order chi connectivity index (χ1) is 9.76. The Morgan fingerprint density at radius 2 is 2.05 bits per heavy atom. The van der Waals surface area contributed by atoms with Crippen LogP contribution in [0.4, 0.5) is 6.01 Å². The summed E-state index contributed by atoms with van der Waals surface area (Å²) in [5.41, 5.74) is 2.88. The molecule has 0 saturated carbocycles. The molecule has 1 aliphatic rings. The van der Waals surface area contributed by atoms with Gasteiger partial charge in [0.2, 0.25) is 5.89 Å². The quantitative estimate of drug-likeness (QED) is 0.894. The maximum Gasteiger partial charge on any atom is 0.315 e. The zero-order valence-electron chi connectivity index (χ0n) is 11.9. The molecule has 3 rings (SSSR count). The fourth-order valence-corrected chi connectivity index (χ4v) is 2.59. The second-order valence-electron chi connectivity index (χ2n) is 5.31. The van der Waals surface area contributed by atoms with Crippen LogP contribution in [-0.2, 0) is 12.8 Å². The minimum absolute atomic E-state index is 0.0742. The summed E-state index contributed by atoms with van der Waals surface area (Å²) < 4.78 is 5.63. The van der Waals surface area contributed by atoms with Crippen LogP contribution < -0.4 is 10.6 Å². The van der Waals surface area contributed by atoms with Crippen LogP contribution in [0.1, 0.15) is 36.4 Å². The number of benzene rings is 1. The highest BCUT2D eigenvalue weighted by molar-refractivity contribution is 5.33. The van der Waals surface area contributed by atoms with Crippen molar-refractivity contribution in [2.24, 2.45) is 0 Å². The second kappa shape index (κ2) is 5.63. The first-order valence-corrected chi connectivity index (χ1v) is 7.10. The molecule has 2 atom stereocenters. The molecule has 1 heterocycles. The van der Waals surface area contributed by atoms with E-state index >= 15 is 0 Å². The predicted octanol–water partition coefficient (Wildman–Crippen LogP) is 2.32. The highest BCUT2D eigenvalue weighted by Gasteiger charge is 2.20. The Morgan fingerprint density at radius 3 is 2.85 bits per heavy atom. The molecule has 5 heteroatoms. The Labute approximate surface area is 118 Å². The molecule has 106 valence electrons. The second-order valence-corrected chi connectivity index (χ2v) is 5.31. The molecule has 0 fully saturated rings. The first kappa shape index (κ1) is 13.1. The molecular weight excluding hydrogens is 252 g/mol. The monoisotopic (exact) mass is 272 g/mol. The van der Waals surface area contributed by atoms with E-state index < -0.39 is 0 Å². The van der Waals surface area contributed by atoms with Gasteiger partial charge in [-0.05, 0) is 44.4 Å². The lowest BCUT2D eigenvalue weighted by molar-refractivity contribution is 0.435. The Hall–Kier alpha value is -1.88. The van der Waals surface area contributed by atoms with E-state index in [1.165, 1.54) is 11.1 Å². The zero-order valence-corrected chi connectivity index (χ0v) is 11.9. The molecule has 0 aliphatic heterocycles. The van der Waals surface area contributed by atoms with Gasteiger partial charge >= 0.3 is 6.01 Å². The van der Waals surface area contributed by atoms with E-state index in [9.17, 15) is 0 Å². The van der Waals surface area contributed by atoms with Gasteiger partial charge in [0.15, 0.2) is 0 Å². The van der Waals surface area contributed by atoms with Crippen molar-refractivity contribution >= 4 is 6.01 Å². The Kier molecular flexibility index (Phi) is 3.69. The summed E-state index contributed by atoms with van der Waals surface area (Å²) in [7, 11) is 1.88. The van der Waals surface area contributed by atoms with Gasteiger partial charge in [0.25, 0.3) is 0 Å². The van der Waals surface area contributed by atoms with Crippen LogP contribution >= 0.6 is 0 Å². The number of hydrogen-bond donors (Lipinski definition) is 2. The molecule has 0 radical (unpaired) electrons. The van der Waals surface area contributed by atoms with Crippen LogP contribution in [-0.4, -0.2) is 23.3 Å². The third-order valence-electron chi connectivity index (χ3n) is 3.92. The molecule has 1 aromatic carbocycles. The maximum absolute atomic E-state index is 5.63. The average Bonchev–Trinajstić information content (AvgIpc) is 2.95. The van der Waals surface area contributed by atoms with Crippen molar-refractivity contribution in [1.82, 2.24) is 15.5 Å². The molecule has 2 unspecified atom stereocenters. The normalized spacial score (nSPS) is 19.4. The fraction of sp³-hybridized carbons (Fsp3) is 0.467. The number of rotatable bonds is 4. The van der Waals surface area contributed by atoms with Crippen molar-refractivity contribution < 1.29 is 4.42 Å². The van der Waals surface area contributed by atoms with E-state index in [0.29, 0.717) is 17.9 Å². The molecule has 5 nitrogen and oxygen atoms in total. The van der Waals surface area contributed by atoms with Crippen molar-refractivity contribution in [2.45, 2.75) is 38.3 Å². The lowest BCUT2D eigenvalue weighted by atomic mass is 9.88. The number of aryl methyl sites for hydroxylation is 1. The van der Waals surface area contributed by atoms with Gasteiger partial charge < -0.3 is 15.1 Å². The minimum atomic E-state index is 0.0742. The summed E-state index contributed by atoms with van der Waals surface area (Å²) in [6.45, 7) is 1.99. The number of nitrogens with zero attached hydrogens (tertiary/aromatic N) is 2. The number of fused-ring (bicyclic) bond motifs is 1. The van der Waals surface area contributed by atoms with Gasteiger partial charge in [0, 0.05) is 6.04 Å². The van der Waals surface area contributed by atoms with E-state index in [4.69, 9.17) is 4.42 Å². The molecule has 0 spiro atoms. The van der Waals surface area contributed by atoms with E-state index in [2.05, 4.69) is 45.1 Å². The van der Waals surface area contributed by atoms with Crippen LogP contribution in [0.5, 0.6) is 0 Å². The molecule has 0 bridgehead atoms. The Morgan fingerprint density at radius 1 is 1.25 bits per heavy atom. The lowest BCUT2D eigenvalue weighted by Crippen LogP contribution is -2.27. The number of hydrogen-bond acceptors (Lipinski definition) is 5. The van der Waals surface area contributed by atoms with Crippen LogP contribution in [0.2, 0.25) is 0 Å². The van der Waals surface area contributed by atoms with Crippen LogP contribution in [0.25, 0.3) is 0 Å². The first-order valence-electron chi connectivity index (χ1n) is 7.10. The predicted molar refractivity (Wildman–Crippen MR) is 77.7 cm³/mol. The molecule has 0 amide bonds. The smallest absolute Gasteiger partial charge is 0.315 e. The van der Waals surface area contributed by atoms with Crippen molar-refractivity contribution in [3.05, 3.63) is 41.3 Å². The zero-order chi connectivity index (χ0) is 13.9. The van der Waals surface area contributed by atoms with Crippen molar-refractivity contribution in [3.8, 4) is 0 Å². The molecule has 20 heavy (non-hydrogen) atoms. The van der Waals surface area contributed by atoms with Gasteiger partial charge in [-0.1, -0.05) is 29.4 Å². The molecule has 1 aliphatic carbocycles. The SMILES string of the molecule is CNC(C)c1nnc(NC2CCc3ccccc3C2)o1. The van der Waals surface area contributed by atoms with Gasteiger partial charge in [-0.15, -0.1) is 5.10 Å². The summed E-state index contributed by atoms with van der Waals surface area (Å²) in [5, 5.41) is 14.6. The molecule has 0 saturated heterocycles. The van der Waals surface area contributed by atoms with Gasteiger partial charge in [0.05, 0.1) is 6.04 Å². The summed E-state index contributed by atoms with van der Waals surface area (Å²) >= 11 is 0. The molecular formula is C15H20N4O. The minimum Gasteiger partial charge on any atom is -0.406 e. The number of nitrogens with one attached hydrogen (secondary N) is 2. The highest BCUT2D eigenvalue weighted by Crippen LogP contribution is 2.23. The van der Waals surface area contributed by atoms with Gasteiger partial charge in [-0.25, -0.2) is 0 Å². The van der Waals surface area contributed by atoms with Crippen molar-refractivity contribution in [2.75, 3.05) is 12.4 Å². The summed E-state index contributed by atoms with van der Waals surface area (Å²) in [4.78, 5) is 0. The molecule has 2 N–H and O–H groups in total. The molecule has 2 aromatic rings. The largest absolute Gasteiger partial charge is 0.406 e. The van der Waals surface area contributed by atoms with Gasteiger partial charge in [-0.3, -0.25) is 0 Å². The summed E-state index contributed by atoms with van der Waals surface area (Å²) in [5.74, 6) is 0.617. The summed E-state index contributed by atoms with van der Waals surface area (Å²) in [6.07, 6.45) is 3.20. The average molecular weight is 272 g/mol. The Bertz CT molecular complexity index is 581. The van der Waals surface area contributed by atoms with Crippen LogP contribution in [0, 0.1) is 0 Å².